The Morgan fingerprint density at radius 2 is 2.54 bits per heavy atom. The minimum absolute atomic E-state index is 0.594. The van der Waals surface area contributed by atoms with Crippen LogP contribution in [0.25, 0.3) is 0 Å². The lowest BCUT2D eigenvalue weighted by atomic mass is 10.2. The Hall–Kier alpha value is -1.25. The molecule has 0 spiro atoms. The molecule has 68 valence electrons. The highest BCUT2D eigenvalue weighted by Gasteiger charge is 2.31. The molecule has 0 aliphatic carbocycles. The van der Waals surface area contributed by atoms with Gasteiger partial charge >= 0.3 is 0 Å². The van der Waals surface area contributed by atoms with E-state index in [0.29, 0.717) is 6.04 Å². The van der Waals surface area contributed by atoms with Crippen molar-refractivity contribution >= 4 is 5.69 Å². The predicted molar refractivity (Wildman–Crippen MR) is 50.1 cm³/mol. The standard InChI is InChI=1S/C10H12N2O/c1-4-9-10(11-5-1)13-7-8-3-2-6-12(8)9/h1,4-5,8H,2-3,6-7H2. The molecule has 1 unspecified atom stereocenters. The van der Waals surface area contributed by atoms with Gasteiger partial charge in [-0.25, -0.2) is 4.98 Å². The molecule has 3 rings (SSSR count). The van der Waals surface area contributed by atoms with Crippen LogP contribution in [-0.4, -0.2) is 24.2 Å². The number of anilines is 1. The van der Waals surface area contributed by atoms with Crippen molar-refractivity contribution in [1.29, 1.82) is 0 Å². The molecule has 3 nitrogen and oxygen atoms in total. The molecular formula is C10H12N2O. The van der Waals surface area contributed by atoms with Gasteiger partial charge < -0.3 is 9.64 Å². The van der Waals surface area contributed by atoms with Crippen LogP contribution in [0, 0.1) is 0 Å². The Kier molecular flexibility index (Phi) is 1.45. The van der Waals surface area contributed by atoms with Crippen LogP contribution in [0.3, 0.4) is 0 Å². The monoisotopic (exact) mass is 176 g/mol. The number of hydrogen-bond donors (Lipinski definition) is 0. The second-order valence-corrected chi connectivity index (χ2v) is 3.63. The van der Waals surface area contributed by atoms with Crippen LogP contribution in [0.5, 0.6) is 5.88 Å². The summed E-state index contributed by atoms with van der Waals surface area (Å²) in [6.45, 7) is 1.97. The smallest absolute Gasteiger partial charge is 0.237 e. The molecule has 1 aromatic heterocycles. The van der Waals surface area contributed by atoms with Crippen molar-refractivity contribution in [2.75, 3.05) is 18.1 Å². The van der Waals surface area contributed by atoms with Crippen molar-refractivity contribution < 1.29 is 4.74 Å². The molecule has 0 amide bonds. The van der Waals surface area contributed by atoms with Crippen molar-refractivity contribution in [1.82, 2.24) is 4.98 Å². The summed E-state index contributed by atoms with van der Waals surface area (Å²) in [5, 5.41) is 0. The van der Waals surface area contributed by atoms with Gasteiger partial charge in [-0.3, -0.25) is 0 Å². The van der Waals surface area contributed by atoms with Gasteiger partial charge in [0, 0.05) is 12.7 Å². The number of fused-ring (bicyclic) bond motifs is 3. The van der Waals surface area contributed by atoms with Gasteiger partial charge in [0.1, 0.15) is 12.3 Å². The third kappa shape index (κ3) is 0.996. The Bertz CT molecular complexity index is 326. The van der Waals surface area contributed by atoms with E-state index in [4.69, 9.17) is 4.74 Å². The van der Waals surface area contributed by atoms with Gasteiger partial charge in [-0.1, -0.05) is 0 Å². The topological polar surface area (TPSA) is 25.4 Å². The average Bonchev–Trinajstić information content (AvgIpc) is 2.65. The normalized spacial score (nSPS) is 24.9. The minimum atomic E-state index is 0.594. The van der Waals surface area contributed by atoms with Crippen molar-refractivity contribution in [2.24, 2.45) is 0 Å². The maximum atomic E-state index is 5.58. The fraction of sp³-hybridized carbons (Fsp3) is 0.500. The van der Waals surface area contributed by atoms with Crippen LogP contribution >= 0.6 is 0 Å². The first-order valence-corrected chi connectivity index (χ1v) is 4.79. The van der Waals surface area contributed by atoms with E-state index >= 15 is 0 Å². The van der Waals surface area contributed by atoms with Crippen LogP contribution in [0.15, 0.2) is 18.3 Å². The van der Waals surface area contributed by atoms with Crippen molar-refractivity contribution in [3.63, 3.8) is 0 Å². The first-order chi connectivity index (χ1) is 6.45. The summed E-state index contributed by atoms with van der Waals surface area (Å²) in [5.74, 6) is 0.806. The molecule has 0 saturated carbocycles. The van der Waals surface area contributed by atoms with E-state index in [1.165, 1.54) is 18.5 Å². The molecule has 3 heterocycles. The van der Waals surface area contributed by atoms with Crippen molar-refractivity contribution in [3.8, 4) is 5.88 Å². The lowest BCUT2D eigenvalue weighted by molar-refractivity contribution is 0.261. The molecule has 0 bridgehead atoms. The van der Waals surface area contributed by atoms with Crippen LogP contribution in [0.2, 0.25) is 0 Å². The maximum Gasteiger partial charge on any atom is 0.237 e. The van der Waals surface area contributed by atoms with E-state index in [1.807, 2.05) is 6.07 Å². The van der Waals surface area contributed by atoms with Gasteiger partial charge in [0.05, 0.1) is 6.04 Å². The Morgan fingerprint density at radius 3 is 3.54 bits per heavy atom. The SMILES string of the molecule is c1cnc2c(c1)N1CCCC1CO2. The third-order valence-corrected chi connectivity index (χ3v) is 2.85. The van der Waals surface area contributed by atoms with Gasteiger partial charge in [0.15, 0.2) is 0 Å². The summed E-state index contributed by atoms with van der Waals surface area (Å²) < 4.78 is 5.58. The fourth-order valence-corrected chi connectivity index (χ4v) is 2.21. The van der Waals surface area contributed by atoms with E-state index in [9.17, 15) is 0 Å². The zero-order chi connectivity index (χ0) is 8.67. The first kappa shape index (κ1) is 7.18. The Morgan fingerprint density at radius 1 is 1.54 bits per heavy atom. The van der Waals surface area contributed by atoms with Crippen LogP contribution in [0.1, 0.15) is 12.8 Å². The van der Waals surface area contributed by atoms with Gasteiger partial charge in [-0.2, -0.15) is 0 Å². The van der Waals surface area contributed by atoms with E-state index < -0.39 is 0 Å². The number of aromatic nitrogens is 1. The van der Waals surface area contributed by atoms with Gasteiger partial charge in [-0.15, -0.1) is 0 Å². The van der Waals surface area contributed by atoms with E-state index in [-0.39, 0.29) is 0 Å². The minimum Gasteiger partial charge on any atom is -0.474 e. The maximum absolute atomic E-state index is 5.58. The van der Waals surface area contributed by atoms with Gasteiger partial charge in [0.25, 0.3) is 0 Å². The Labute approximate surface area is 77.3 Å². The van der Waals surface area contributed by atoms with Crippen LogP contribution in [-0.2, 0) is 0 Å². The second kappa shape index (κ2) is 2.62. The van der Waals surface area contributed by atoms with E-state index in [0.717, 1.165) is 19.0 Å². The average molecular weight is 176 g/mol. The molecule has 3 heteroatoms. The van der Waals surface area contributed by atoms with Crippen LogP contribution < -0.4 is 9.64 Å². The van der Waals surface area contributed by atoms with Gasteiger partial charge in [0.2, 0.25) is 5.88 Å². The number of hydrogen-bond acceptors (Lipinski definition) is 3. The molecule has 0 N–H and O–H groups in total. The van der Waals surface area contributed by atoms with Crippen LogP contribution in [0.4, 0.5) is 5.69 Å². The zero-order valence-corrected chi connectivity index (χ0v) is 7.44. The summed E-state index contributed by atoms with van der Waals surface area (Å²) in [6, 6.07) is 4.67. The lowest BCUT2D eigenvalue weighted by Gasteiger charge is -2.32. The second-order valence-electron chi connectivity index (χ2n) is 3.63. The summed E-state index contributed by atoms with van der Waals surface area (Å²) in [7, 11) is 0. The molecule has 0 aromatic carbocycles. The number of rotatable bonds is 0. The highest BCUT2D eigenvalue weighted by Crippen LogP contribution is 2.35. The zero-order valence-electron chi connectivity index (χ0n) is 7.44. The molecule has 0 radical (unpaired) electrons. The highest BCUT2D eigenvalue weighted by atomic mass is 16.5. The quantitative estimate of drug-likeness (QED) is 0.598. The number of nitrogens with zero attached hydrogens (tertiary/aromatic N) is 2. The van der Waals surface area contributed by atoms with E-state index in [2.05, 4.69) is 16.0 Å². The summed E-state index contributed by atoms with van der Waals surface area (Å²) in [4.78, 5) is 6.64. The molecule has 1 atom stereocenters. The number of pyridine rings is 1. The summed E-state index contributed by atoms with van der Waals surface area (Å²) in [5.41, 5.74) is 1.18. The molecule has 1 saturated heterocycles. The first-order valence-electron chi connectivity index (χ1n) is 4.79. The highest BCUT2D eigenvalue weighted by molar-refractivity contribution is 5.57. The molecule has 2 aliphatic rings. The summed E-state index contributed by atoms with van der Waals surface area (Å²) >= 11 is 0. The molecular weight excluding hydrogens is 164 g/mol. The molecule has 13 heavy (non-hydrogen) atoms. The molecule has 1 aromatic rings. The van der Waals surface area contributed by atoms with Crippen molar-refractivity contribution in [3.05, 3.63) is 18.3 Å². The molecule has 1 fully saturated rings. The largest absolute Gasteiger partial charge is 0.474 e. The van der Waals surface area contributed by atoms with Crippen molar-refractivity contribution in [2.45, 2.75) is 18.9 Å². The Balaban J connectivity index is 2.06. The number of ether oxygens (including phenoxy) is 1. The fourth-order valence-electron chi connectivity index (χ4n) is 2.21. The molecule has 2 aliphatic heterocycles. The van der Waals surface area contributed by atoms with Gasteiger partial charge in [-0.05, 0) is 25.0 Å². The predicted octanol–water partition coefficient (Wildman–Crippen LogP) is 1.44. The van der Waals surface area contributed by atoms with E-state index in [1.54, 1.807) is 6.20 Å². The third-order valence-electron chi connectivity index (χ3n) is 2.85. The summed E-state index contributed by atoms with van der Waals surface area (Å²) in [6.07, 6.45) is 4.33. The lowest BCUT2D eigenvalue weighted by Crippen LogP contribution is -2.38.